The van der Waals surface area contributed by atoms with E-state index < -0.39 is 0 Å². The minimum Gasteiger partial charge on any atom is -0.378 e. The molecule has 0 radical (unpaired) electrons. The maximum Gasteiger partial charge on any atom is 0.259 e. The summed E-state index contributed by atoms with van der Waals surface area (Å²) in [6.07, 6.45) is 0. The van der Waals surface area contributed by atoms with E-state index in [4.69, 9.17) is 4.74 Å². The van der Waals surface area contributed by atoms with Gasteiger partial charge in [-0.25, -0.2) is 5.43 Å². The Morgan fingerprint density at radius 3 is 2.41 bits per heavy atom. The zero-order valence-corrected chi connectivity index (χ0v) is 15.9. The van der Waals surface area contributed by atoms with E-state index in [9.17, 15) is 4.79 Å². The van der Waals surface area contributed by atoms with Gasteiger partial charge in [-0.1, -0.05) is 29.8 Å². The predicted molar refractivity (Wildman–Crippen MR) is 109 cm³/mol. The molecule has 0 spiro atoms. The van der Waals surface area contributed by atoms with Crippen molar-refractivity contribution in [3.63, 3.8) is 0 Å². The summed E-state index contributed by atoms with van der Waals surface area (Å²) in [7, 11) is 0. The van der Waals surface area contributed by atoms with Crippen molar-refractivity contribution in [1.82, 2.24) is 5.43 Å². The number of hydrogen-bond donors (Lipinski definition) is 2. The Morgan fingerprint density at radius 2 is 1.74 bits per heavy atom. The fraction of sp³-hybridized carbons (Fsp3) is 0.333. The molecule has 0 atom stereocenters. The second kappa shape index (κ2) is 9.19. The summed E-state index contributed by atoms with van der Waals surface area (Å²) in [4.78, 5) is 14.3. The highest BCUT2D eigenvalue weighted by atomic mass is 16.5. The van der Waals surface area contributed by atoms with Gasteiger partial charge in [0.15, 0.2) is 0 Å². The van der Waals surface area contributed by atoms with Crippen molar-refractivity contribution in [2.24, 2.45) is 5.10 Å². The van der Waals surface area contributed by atoms with Gasteiger partial charge in [-0.3, -0.25) is 4.79 Å². The molecule has 2 aromatic carbocycles. The zero-order valence-electron chi connectivity index (χ0n) is 15.9. The minimum absolute atomic E-state index is 0.176. The van der Waals surface area contributed by atoms with Crippen molar-refractivity contribution in [2.45, 2.75) is 13.8 Å². The quantitative estimate of drug-likeness (QED) is 0.609. The number of rotatable bonds is 6. The first-order chi connectivity index (χ1) is 13.1. The number of hydrogen-bond acceptors (Lipinski definition) is 5. The lowest BCUT2D eigenvalue weighted by Crippen LogP contribution is -2.36. The number of hydrazone groups is 1. The second-order valence-corrected chi connectivity index (χ2v) is 6.60. The number of nitrogens with zero attached hydrogens (tertiary/aromatic N) is 2. The smallest absolute Gasteiger partial charge is 0.259 e. The number of anilines is 2. The Balaban J connectivity index is 1.50. The Morgan fingerprint density at radius 1 is 1.07 bits per heavy atom. The largest absolute Gasteiger partial charge is 0.378 e. The Kier molecular flexibility index (Phi) is 6.44. The summed E-state index contributed by atoms with van der Waals surface area (Å²) in [5.74, 6) is -0.181. The van der Waals surface area contributed by atoms with Crippen LogP contribution in [0.5, 0.6) is 0 Å². The van der Waals surface area contributed by atoms with Gasteiger partial charge in [-0.05, 0) is 43.7 Å². The molecular weight excluding hydrogens is 340 g/mol. The average Bonchev–Trinajstić information content (AvgIpc) is 2.72. The van der Waals surface area contributed by atoms with E-state index in [0.29, 0.717) is 0 Å². The summed E-state index contributed by atoms with van der Waals surface area (Å²) in [5.41, 5.74) is 7.63. The molecule has 0 bridgehead atoms. The molecule has 1 aliphatic rings. The van der Waals surface area contributed by atoms with Gasteiger partial charge in [0.25, 0.3) is 5.91 Å². The highest BCUT2D eigenvalue weighted by Gasteiger charge is 2.11. The third-order valence-corrected chi connectivity index (χ3v) is 4.51. The first kappa shape index (κ1) is 18.9. The summed E-state index contributed by atoms with van der Waals surface area (Å²) >= 11 is 0. The number of ether oxygens (including phenoxy) is 1. The summed E-state index contributed by atoms with van der Waals surface area (Å²) < 4.78 is 5.38. The Bertz CT molecular complexity index is 779. The molecule has 0 saturated carbocycles. The van der Waals surface area contributed by atoms with Crippen molar-refractivity contribution in [3.05, 3.63) is 59.7 Å². The molecule has 1 saturated heterocycles. The number of carbonyl (C=O) groups excluding carboxylic acids is 1. The van der Waals surface area contributed by atoms with E-state index in [1.807, 2.05) is 50.2 Å². The molecule has 142 valence electrons. The molecule has 0 aliphatic carbocycles. The van der Waals surface area contributed by atoms with Crippen LogP contribution in [0.4, 0.5) is 11.4 Å². The van der Waals surface area contributed by atoms with E-state index >= 15 is 0 Å². The van der Waals surface area contributed by atoms with Crippen LogP contribution in [0.25, 0.3) is 0 Å². The van der Waals surface area contributed by atoms with Crippen LogP contribution in [-0.2, 0) is 9.53 Å². The molecule has 1 aliphatic heterocycles. The zero-order chi connectivity index (χ0) is 19.1. The first-order valence-corrected chi connectivity index (χ1v) is 9.18. The maximum atomic E-state index is 12.0. The van der Waals surface area contributed by atoms with Gasteiger partial charge in [0.2, 0.25) is 0 Å². The third kappa shape index (κ3) is 5.56. The van der Waals surface area contributed by atoms with Crippen molar-refractivity contribution in [2.75, 3.05) is 43.1 Å². The number of carbonyl (C=O) groups is 1. The maximum absolute atomic E-state index is 12.0. The van der Waals surface area contributed by atoms with Gasteiger partial charge in [-0.2, -0.15) is 5.10 Å². The van der Waals surface area contributed by atoms with Gasteiger partial charge >= 0.3 is 0 Å². The van der Waals surface area contributed by atoms with Gasteiger partial charge in [0, 0.05) is 24.5 Å². The van der Waals surface area contributed by atoms with E-state index in [-0.39, 0.29) is 12.5 Å². The molecule has 2 N–H and O–H groups in total. The molecule has 1 fully saturated rings. The first-order valence-electron chi connectivity index (χ1n) is 9.18. The molecule has 27 heavy (non-hydrogen) atoms. The molecule has 3 rings (SSSR count). The molecular formula is C21H26N4O2. The number of morpholine rings is 1. The van der Waals surface area contributed by atoms with Crippen molar-refractivity contribution < 1.29 is 9.53 Å². The topological polar surface area (TPSA) is 66.0 Å². The third-order valence-electron chi connectivity index (χ3n) is 4.51. The Labute approximate surface area is 160 Å². The van der Waals surface area contributed by atoms with Crippen LogP contribution in [0, 0.1) is 6.92 Å². The van der Waals surface area contributed by atoms with Crippen LogP contribution in [-0.4, -0.2) is 44.5 Å². The van der Waals surface area contributed by atoms with Crippen molar-refractivity contribution >= 4 is 23.0 Å². The predicted octanol–water partition coefficient (Wildman–Crippen LogP) is 2.78. The summed E-state index contributed by atoms with van der Waals surface area (Å²) in [5, 5.41) is 7.29. The standard InChI is InChI=1S/C21H26N4O2/c1-16-3-7-19(8-4-16)22-15-21(26)24-23-17(2)18-5-9-20(10-6-18)25-11-13-27-14-12-25/h3-10,22H,11-15H2,1-2H3,(H,24,26)/b23-17-. The van der Waals surface area contributed by atoms with E-state index in [2.05, 4.69) is 32.9 Å². The number of benzene rings is 2. The fourth-order valence-electron chi connectivity index (χ4n) is 2.84. The van der Waals surface area contributed by atoms with Gasteiger partial charge in [0.05, 0.1) is 25.5 Å². The number of nitrogens with one attached hydrogen (secondary N) is 2. The van der Waals surface area contributed by atoms with E-state index in [1.54, 1.807) is 0 Å². The molecule has 1 amide bonds. The van der Waals surface area contributed by atoms with Gasteiger partial charge in [0.1, 0.15) is 0 Å². The van der Waals surface area contributed by atoms with E-state index in [1.165, 1.54) is 11.3 Å². The molecule has 0 unspecified atom stereocenters. The number of aryl methyl sites for hydroxylation is 1. The Hall–Kier alpha value is -2.86. The lowest BCUT2D eigenvalue weighted by atomic mass is 10.1. The SMILES string of the molecule is C/C(=N/NC(=O)CNc1ccc(C)cc1)c1ccc(N2CCOCC2)cc1. The summed E-state index contributed by atoms with van der Waals surface area (Å²) in [6, 6.07) is 16.1. The van der Waals surface area contributed by atoms with Crippen LogP contribution in [0.2, 0.25) is 0 Å². The fourth-order valence-corrected chi connectivity index (χ4v) is 2.84. The monoisotopic (exact) mass is 366 g/mol. The van der Waals surface area contributed by atoms with Crippen LogP contribution >= 0.6 is 0 Å². The summed E-state index contributed by atoms with van der Waals surface area (Å²) in [6.45, 7) is 7.46. The lowest BCUT2D eigenvalue weighted by molar-refractivity contribution is -0.119. The van der Waals surface area contributed by atoms with Gasteiger partial charge in [-0.15, -0.1) is 0 Å². The van der Waals surface area contributed by atoms with E-state index in [0.717, 1.165) is 43.3 Å². The molecule has 2 aromatic rings. The van der Waals surface area contributed by atoms with Gasteiger partial charge < -0.3 is 15.0 Å². The number of amides is 1. The second-order valence-electron chi connectivity index (χ2n) is 6.60. The van der Waals surface area contributed by atoms with Crippen LogP contribution in [0.3, 0.4) is 0 Å². The van der Waals surface area contributed by atoms with Crippen LogP contribution in [0.1, 0.15) is 18.1 Å². The van der Waals surface area contributed by atoms with Crippen molar-refractivity contribution in [3.8, 4) is 0 Å². The average molecular weight is 366 g/mol. The highest BCUT2D eigenvalue weighted by Crippen LogP contribution is 2.17. The normalized spacial score (nSPS) is 14.7. The van der Waals surface area contributed by atoms with Crippen molar-refractivity contribution in [1.29, 1.82) is 0 Å². The highest BCUT2D eigenvalue weighted by molar-refractivity contribution is 5.99. The van der Waals surface area contributed by atoms with Crippen LogP contribution < -0.4 is 15.6 Å². The minimum atomic E-state index is -0.181. The van der Waals surface area contributed by atoms with Crippen LogP contribution in [0.15, 0.2) is 53.6 Å². The molecule has 1 heterocycles. The molecule has 6 heteroatoms. The molecule has 6 nitrogen and oxygen atoms in total. The molecule has 0 aromatic heterocycles. The lowest BCUT2D eigenvalue weighted by Gasteiger charge is -2.28.